The van der Waals surface area contributed by atoms with Crippen LogP contribution in [-0.2, 0) is 4.79 Å². The van der Waals surface area contributed by atoms with Gasteiger partial charge in [-0.1, -0.05) is 6.58 Å². The molecule has 11 heavy (non-hydrogen) atoms. The zero-order valence-electron chi connectivity index (χ0n) is 6.68. The Hall–Kier alpha value is -1.01. The monoisotopic (exact) mass is 151 g/mol. The van der Waals surface area contributed by atoms with Gasteiger partial charge in [-0.3, -0.25) is 4.79 Å². The van der Waals surface area contributed by atoms with E-state index in [1.54, 1.807) is 0 Å². The van der Waals surface area contributed by atoms with E-state index in [1.807, 2.05) is 11.0 Å². The molecule has 60 valence electrons. The Balaban J connectivity index is 2.25. The molecule has 1 amide bonds. The first-order chi connectivity index (χ1) is 5.34. The van der Waals surface area contributed by atoms with Gasteiger partial charge in [0.15, 0.2) is 0 Å². The largest absolute Gasteiger partial charge is 0.342 e. The molecule has 0 N–H and O–H groups in total. The van der Waals surface area contributed by atoms with Gasteiger partial charge < -0.3 is 4.90 Å². The second-order valence-corrected chi connectivity index (χ2v) is 2.68. The van der Waals surface area contributed by atoms with Gasteiger partial charge >= 0.3 is 0 Å². The average Bonchev–Trinajstić information content (AvgIpc) is 2.37. The summed E-state index contributed by atoms with van der Waals surface area (Å²) in [7, 11) is 0. The fourth-order valence-corrected chi connectivity index (χ4v) is 1.26. The fourth-order valence-electron chi connectivity index (χ4n) is 1.26. The first-order valence-corrected chi connectivity index (χ1v) is 3.96. The quantitative estimate of drug-likeness (QED) is 0.557. The van der Waals surface area contributed by atoms with E-state index >= 15 is 0 Å². The molecule has 0 aromatic heterocycles. The summed E-state index contributed by atoms with van der Waals surface area (Å²) in [5.41, 5.74) is 2.69. The third-order valence-corrected chi connectivity index (χ3v) is 1.86. The van der Waals surface area contributed by atoms with Gasteiger partial charge in [0.25, 0.3) is 0 Å². The van der Waals surface area contributed by atoms with E-state index in [-0.39, 0.29) is 0 Å². The predicted molar refractivity (Wildman–Crippen MR) is 44.1 cm³/mol. The van der Waals surface area contributed by atoms with Crippen LogP contribution in [0.25, 0.3) is 0 Å². The first kappa shape index (κ1) is 8.09. The van der Waals surface area contributed by atoms with Crippen molar-refractivity contribution in [3.63, 3.8) is 0 Å². The minimum atomic E-state index is 0.294. The normalized spacial score (nSPS) is 16.7. The van der Waals surface area contributed by atoms with Gasteiger partial charge in [0.1, 0.15) is 0 Å². The van der Waals surface area contributed by atoms with Crippen molar-refractivity contribution in [3.8, 4) is 0 Å². The maximum Gasteiger partial charge on any atom is 0.222 e. The van der Waals surface area contributed by atoms with E-state index in [2.05, 4.69) is 12.3 Å². The molecular weight excluding hydrogens is 138 g/mol. The summed E-state index contributed by atoms with van der Waals surface area (Å²) < 4.78 is 0. The molecule has 0 aliphatic carbocycles. The summed E-state index contributed by atoms with van der Waals surface area (Å²) >= 11 is 0. The van der Waals surface area contributed by atoms with E-state index in [0.29, 0.717) is 5.91 Å². The number of carbonyl (C=O) groups is 1. The fraction of sp³-hybridized carbons (Fsp3) is 0.556. The van der Waals surface area contributed by atoms with E-state index in [4.69, 9.17) is 0 Å². The molecule has 0 spiro atoms. The highest BCUT2D eigenvalue weighted by atomic mass is 16.2. The third kappa shape index (κ3) is 2.24. The van der Waals surface area contributed by atoms with Gasteiger partial charge in [-0.2, -0.15) is 0 Å². The van der Waals surface area contributed by atoms with Crippen LogP contribution in [0.15, 0.2) is 18.4 Å². The number of likely N-dealkylation sites (tertiary alicyclic amines) is 1. The molecule has 1 aliphatic rings. The standard InChI is InChI=1S/C9H13NO/c1-2-3-4-7-10-8-5-6-9(10)11/h3H,1,4-8H2. The number of nitrogens with zero attached hydrogens (tertiary/aromatic N) is 1. The highest BCUT2D eigenvalue weighted by Gasteiger charge is 2.18. The van der Waals surface area contributed by atoms with Crippen LogP contribution >= 0.6 is 0 Å². The summed E-state index contributed by atoms with van der Waals surface area (Å²) in [6, 6.07) is 0. The molecule has 0 atom stereocenters. The SMILES string of the molecule is C=C=CCCN1CCCC1=O. The van der Waals surface area contributed by atoms with Crippen LogP contribution in [0.2, 0.25) is 0 Å². The lowest BCUT2D eigenvalue weighted by Crippen LogP contribution is -2.25. The van der Waals surface area contributed by atoms with Crippen LogP contribution in [0.5, 0.6) is 0 Å². The number of hydrogen-bond acceptors (Lipinski definition) is 1. The van der Waals surface area contributed by atoms with Crippen molar-refractivity contribution in [2.45, 2.75) is 19.3 Å². The molecule has 0 unspecified atom stereocenters. The zero-order valence-corrected chi connectivity index (χ0v) is 6.68. The van der Waals surface area contributed by atoms with Crippen LogP contribution in [0.1, 0.15) is 19.3 Å². The van der Waals surface area contributed by atoms with Crippen LogP contribution in [-0.4, -0.2) is 23.9 Å². The molecular formula is C9H13NO. The Bertz CT molecular complexity index is 192. The molecule has 1 saturated heterocycles. The van der Waals surface area contributed by atoms with Crippen molar-refractivity contribution in [1.82, 2.24) is 4.90 Å². The number of hydrogen-bond donors (Lipinski definition) is 0. The molecule has 1 heterocycles. The van der Waals surface area contributed by atoms with Gasteiger partial charge in [-0.25, -0.2) is 0 Å². The molecule has 0 aromatic rings. The zero-order chi connectivity index (χ0) is 8.10. The molecule has 1 rings (SSSR count). The van der Waals surface area contributed by atoms with Crippen molar-refractivity contribution >= 4 is 5.91 Å². The Kier molecular flexibility index (Phi) is 2.94. The summed E-state index contributed by atoms with van der Waals surface area (Å²) in [5, 5.41) is 0. The van der Waals surface area contributed by atoms with E-state index in [1.165, 1.54) is 0 Å². The molecule has 2 heteroatoms. The van der Waals surface area contributed by atoms with Crippen molar-refractivity contribution < 1.29 is 4.79 Å². The molecule has 0 bridgehead atoms. The second kappa shape index (κ2) is 3.99. The number of carbonyl (C=O) groups excluding carboxylic acids is 1. The van der Waals surface area contributed by atoms with E-state index < -0.39 is 0 Å². The van der Waals surface area contributed by atoms with Gasteiger partial charge in [0, 0.05) is 19.5 Å². The van der Waals surface area contributed by atoms with Crippen LogP contribution < -0.4 is 0 Å². The molecule has 0 saturated carbocycles. The first-order valence-electron chi connectivity index (χ1n) is 3.96. The topological polar surface area (TPSA) is 20.3 Å². The Morgan fingerprint density at radius 1 is 1.73 bits per heavy atom. The minimum Gasteiger partial charge on any atom is -0.342 e. The Labute approximate surface area is 67.2 Å². The summed E-state index contributed by atoms with van der Waals surface area (Å²) in [6.07, 6.45) is 4.51. The maximum atomic E-state index is 11.0. The summed E-state index contributed by atoms with van der Waals surface area (Å²) in [5.74, 6) is 0.294. The lowest BCUT2D eigenvalue weighted by molar-refractivity contribution is -0.127. The van der Waals surface area contributed by atoms with Crippen LogP contribution in [0, 0.1) is 0 Å². The molecule has 1 fully saturated rings. The van der Waals surface area contributed by atoms with Crippen molar-refractivity contribution in [2.24, 2.45) is 0 Å². The maximum absolute atomic E-state index is 11.0. The average molecular weight is 151 g/mol. The molecule has 0 aromatic carbocycles. The molecule has 1 aliphatic heterocycles. The van der Waals surface area contributed by atoms with E-state index in [9.17, 15) is 4.79 Å². The van der Waals surface area contributed by atoms with Gasteiger partial charge in [0.2, 0.25) is 5.91 Å². The summed E-state index contributed by atoms with van der Waals surface area (Å²) in [6.45, 7) is 5.23. The van der Waals surface area contributed by atoms with Gasteiger partial charge in [-0.15, -0.1) is 5.73 Å². The predicted octanol–water partition coefficient (Wildman–Crippen LogP) is 1.34. The van der Waals surface area contributed by atoms with Gasteiger partial charge in [0.05, 0.1) is 0 Å². The third-order valence-electron chi connectivity index (χ3n) is 1.86. The van der Waals surface area contributed by atoms with Crippen LogP contribution in [0.3, 0.4) is 0 Å². The lowest BCUT2D eigenvalue weighted by atomic mass is 10.4. The smallest absolute Gasteiger partial charge is 0.222 e. The van der Waals surface area contributed by atoms with Crippen molar-refractivity contribution in [1.29, 1.82) is 0 Å². The number of rotatable bonds is 3. The molecule has 0 radical (unpaired) electrons. The highest BCUT2D eigenvalue weighted by molar-refractivity contribution is 5.77. The van der Waals surface area contributed by atoms with Gasteiger partial charge in [-0.05, 0) is 18.9 Å². The summed E-state index contributed by atoms with van der Waals surface area (Å²) in [4.78, 5) is 12.9. The Morgan fingerprint density at radius 3 is 3.09 bits per heavy atom. The van der Waals surface area contributed by atoms with Crippen molar-refractivity contribution in [2.75, 3.05) is 13.1 Å². The number of amides is 1. The van der Waals surface area contributed by atoms with Crippen LogP contribution in [0.4, 0.5) is 0 Å². The lowest BCUT2D eigenvalue weighted by Gasteiger charge is -2.12. The van der Waals surface area contributed by atoms with E-state index in [0.717, 1.165) is 32.4 Å². The minimum absolute atomic E-state index is 0.294. The van der Waals surface area contributed by atoms with Crippen molar-refractivity contribution in [3.05, 3.63) is 18.4 Å². The molecule has 2 nitrogen and oxygen atoms in total. The second-order valence-electron chi connectivity index (χ2n) is 2.68. The highest BCUT2D eigenvalue weighted by Crippen LogP contribution is 2.09. The Morgan fingerprint density at radius 2 is 2.55 bits per heavy atom.